The highest BCUT2D eigenvalue weighted by atomic mass is 79.9. The molecule has 44 heavy (non-hydrogen) atoms. The molecule has 0 saturated carbocycles. The summed E-state index contributed by atoms with van der Waals surface area (Å²) >= 11 is 21.0. The van der Waals surface area contributed by atoms with Crippen LogP contribution in [0.5, 0.6) is 0 Å². The molecule has 224 valence electrons. The third kappa shape index (κ3) is 9.91. The normalized spacial score (nSPS) is 11.2. The number of benzene rings is 4. The van der Waals surface area contributed by atoms with Crippen molar-refractivity contribution in [2.45, 2.75) is 0 Å². The molecule has 4 aromatic carbocycles. The molecule has 0 saturated heterocycles. The van der Waals surface area contributed by atoms with Crippen LogP contribution in [0.15, 0.2) is 99.6 Å². The molecule has 0 amide bonds. The number of nitrogens with zero attached hydrogens (tertiary/aromatic N) is 4. The maximum absolute atomic E-state index is 9.52. The highest BCUT2D eigenvalue weighted by Gasteiger charge is 2.13. The Labute approximate surface area is 309 Å². The highest BCUT2D eigenvalue weighted by molar-refractivity contribution is 9.12. The fourth-order valence-corrected chi connectivity index (χ4v) is 9.36. The largest absolute Gasteiger partial charge is 0.378 e. The van der Waals surface area contributed by atoms with Gasteiger partial charge in [0.15, 0.2) is 0 Å². The lowest BCUT2D eigenvalue weighted by molar-refractivity contribution is 1.13. The lowest BCUT2D eigenvalue weighted by Gasteiger charge is -2.12. The summed E-state index contributed by atoms with van der Waals surface area (Å²) in [6, 6.07) is 28.5. The standard InChI is InChI=1S/2C17H13Br3N2/c2*1-22(2)14-5-3-11(4-6-14)7-12(10-21)17-15(19)8-13(18)9-16(17)20/h2*3-9H,1-2H3/b2*12-7-. The van der Waals surface area contributed by atoms with Crippen molar-refractivity contribution in [3.63, 3.8) is 0 Å². The third-order valence-corrected chi connectivity index (χ3v) is 9.65. The van der Waals surface area contributed by atoms with Gasteiger partial charge in [-0.2, -0.15) is 10.5 Å². The average molecular weight is 970 g/mol. The smallest absolute Gasteiger partial charge is 0.0999 e. The maximum atomic E-state index is 9.52. The Bertz CT molecular complexity index is 1600. The zero-order valence-electron chi connectivity index (χ0n) is 24.1. The SMILES string of the molecule is CN(C)c1ccc(/C=C(/C#N)c2c(Br)cc(Br)cc2Br)cc1.CN(C)c1ccc(/C=C(/C#N)c2c(Br)cc(Br)cc2Br)cc1. The maximum Gasteiger partial charge on any atom is 0.0999 e. The summed E-state index contributed by atoms with van der Waals surface area (Å²) in [6.07, 6.45) is 3.77. The molecule has 0 heterocycles. The fraction of sp³-hybridized carbons (Fsp3) is 0.118. The quantitative estimate of drug-likeness (QED) is 0.143. The van der Waals surface area contributed by atoms with Crippen LogP contribution in [0.1, 0.15) is 22.3 Å². The number of halogens is 6. The summed E-state index contributed by atoms with van der Waals surface area (Å²) in [5.74, 6) is 0. The van der Waals surface area contributed by atoms with Crippen molar-refractivity contribution in [1.29, 1.82) is 10.5 Å². The Morgan fingerprint density at radius 2 is 0.795 bits per heavy atom. The highest BCUT2D eigenvalue weighted by Crippen LogP contribution is 2.37. The Morgan fingerprint density at radius 1 is 0.523 bits per heavy atom. The first-order valence-electron chi connectivity index (χ1n) is 12.9. The van der Waals surface area contributed by atoms with Gasteiger partial charge in [0.05, 0.1) is 23.3 Å². The van der Waals surface area contributed by atoms with Crippen molar-refractivity contribution in [3.05, 3.63) is 122 Å². The Morgan fingerprint density at radius 3 is 1.02 bits per heavy atom. The van der Waals surface area contributed by atoms with Gasteiger partial charge in [-0.15, -0.1) is 0 Å². The van der Waals surface area contributed by atoms with Gasteiger partial charge in [-0.05, 0) is 71.8 Å². The lowest BCUT2D eigenvalue weighted by atomic mass is 10.0. The van der Waals surface area contributed by atoms with Crippen LogP contribution < -0.4 is 9.80 Å². The first kappa shape index (κ1) is 36.3. The molecule has 10 heteroatoms. The van der Waals surface area contributed by atoms with E-state index in [1.165, 1.54) is 0 Å². The molecular weight excluding hydrogens is 944 g/mol. The van der Waals surface area contributed by atoms with E-state index in [1.807, 2.05) is 123 Å². The Balaban J connectivity index is 0.000000240. The fourth-order valence-electron chi connectivity index (χ4n) is 3.99. The molecule has 0 fully saturated rings. The minimum Gasteiger partial charge on any atom is -0.378 e. The van der Waals surface area contributed by atoms with Crippen LogP contribution in [0.25, 0.3) is 23.3 Å². The van der Waals surface area contributed by atoms with Gasteiger partial charge in [-0.1, -0.05) is 120 Å². The van der Waals surface area contributed by atoms with E-state index >= 15 is 0 Å². The first-order chi connectivity index (χ1) is 20.8. The van der Waals surface area contributed by atoms with Crippen LogP contribution in [-0.2, 0) is 0 Å². The van der Waals surface area contributed by atoms with Gasteiger partial charge in [-0.25, -0.2) is 0 Å². The molecule has 4 rings (SSSR count). The molecule has 0 radical (unpaired) electrons. The molecule has 0 unspecified atom stereocenters. The number of hydrogen-bond acceptors (Lipinski definition) is 4. The van der Waals surface area contributed by atoms with Gasteiger partial charge in [-0.3, -0.25) is 0 Å². The van der Waals surface area contributed by atoms with Gasteiger partial charge >= 0.3 is 0 Å². The van der Waals surface area contributed by atoms with Crippen molar-refractivity contribution in [3.8, 4) is 12.1 Å². The molecule has 4 aromatic rings. The number of allylic oxidation sites excluding steroid dienone is 2. The third-order valence-electron chi connectivity index (χ3n) is 6.23. The zero-order valence-corrected chi connectivity index (χ0v) is 33.7. The average Bonchev–Trinajstić information content (AvgIpc) is 2.96. The minimum atomic E-state index is 0.601. The first-order valence-corrected chi connectivity index (χ1v) is 17.7. The Hall–Kier alpha value is -2.18. The topological polar surface area (TPSA) is 54.1 Å². The van der Waals surface area contributed by atoms with Crippen LogP contribution in [0.3, 0.4) is 0 Å². The molecule has 0 atom stereocenters. The van der Waals surface area contributed by atoms with Crippen LogP contribution in [0.2, 0.25) is 0 Å². The summed E-state index contributed by atoms with van der Waals surface area (Å²) in [5, 5.41) is 19.0. The summed E-state index contributed by atoms with van der Waals surface area (Å²) < 4.78 is 5.36. The van der Waals surface area contributed by atoms with Gasteiger partial charge in [0, 0.05) is 77.5 Å². The molecule has 0 aliphatic carbocycles. The molecule has 4 nitrogen and oxygen atoms in total. The van der Waals surface area contributed by atoms with E-state index in [2.05, 4.69) is 108 Å². The summed E-state index contributed by atoms with van der Waals surface area (Å²) in [4.78, 5) is 4.08. The van der Waals surface area contributed by atoms with E-state index in [1.54, 1.807) is 0 Å². The van der Waals surface area contributed by atoms with Gasteiger partial charge < -0.3 is 9.80 Å². The zero-order chi connectivity index (χ0) is 32.6. The Kier molecular flexibility index (Phi) is 14.0. The summed E-state index contributed by atoms with van der Waals surface area (Å²) in [5.41, 5.74) is 7.13. The molecule has 0 bridgehead atoms. The monoisotopic (exact) mass is 964 g/mol. The molecule has 0 aliphatic heterocycles. The van der Waals surface area contributed by atoms with E-state index in [4.69, 9.17) is 0 Å². The number of rotatable bonds is 6. The van der Waals surface area contributed by atoms with Crippen LogP contribution >= 0.6 is 95.6 Å². The van der Waals surface area contributed by atoms with Crippen LogP contribution in [0.4, 0.5) is 11.4 Å². The number of nitriles is 2. The molecule has 0 spiro atoms. The van der Waals surface area contributed by atoms with Crippen molar-refractivity contribution >= 4 is 130 Å². The van der Waals surface area contributed by atoms with E-state index < -0.39 is 0 Å². The van der Waals surface area contributed by atoms with Crippen LogP contribution in [0, 0.1) is 22.7 Å². The number of anilines is 2. The van der Waals surface area contributed by atoms with E-state index in [0.29, 0.717) is 11.1 Å². The summed E-state index contributed by atoms with van der Waals surface area (Å²) in [7, 11) is 8.01. The minimum absolute atomic E-state index is 0.601. The molecule has 0 aliphatic rings. The van der Waals surface area contributed by atoms with E-state index in [9.17, 15) is 10.5 Å². The number of hydrogen-bond donors (Lipinski definition) is 0. The van der Waals surface area contributed by atoms with Crippen molar-refractivity contribution in [2.24, 2.45) is 0 Å². The van der Waals surface area contributed by atoms with Gasteiger partial charge in [0.25, 0.3) is 0 Å². The van der Waals surface area contributed by atoms with Gasteiger partial charge in [0.2, 0.25) is 0 Å². The van der Waals surface area contributed by atoms with Crippen LogP contribution in [-0.4, -0.2) is 28.2 Å². The van der Waals surface area contributed by atoms with Crippen molar-refractivity contribution in [1.82, 2.24) is 0 Å². The van der Waals surface area contributed by atoms with E-state index in [0.717, 1.165) is 60.5 Å². The second-order valence-corrected chi connectivity index (χ2v) is 15.0. The van der Waals surface area contributed by atoms with Gasteiger partial charge in [0.1, 0.15) is 0 Å². The second kappa shape index (κ2) is 16.9. The molecule has 0 aromatic heterocycles. The lowest BCUT2D eigenvalue weighted by Crippen LogP contribution is -2.07. The predicted molar refractivity (Wildman–Crippen MR) is 208 cm³/mol. The molecule has 0 N–H and O–H groups in total. The van der Waals surface area contributed by atoms with Crippen molar-refractivity contribution in [2.75, 3.05) is 38.0 Å². The second-order valence-electron chi connectivity index (χ2n) is 9.80. The predicted octanol–water partition coefficient (Wildman–Crippen LogP) is 12.2. The van der Waals surface area contributed by atoms with E-state index in [-0.39, 0.29) is 0 Å². The molecular formula is C34H26Br6N4. The summed E-state index contributed by atoms with van der Waals surface area (Å²) in [6.45, 7) is 0. The van der Waals surface area contributed by atoms with Crippen molar-refractivity contribution < 1.29 is 0 Å².